The quantitative estimate of drug-likeness (QED) is 0.873. The fourth-order valence-electron chi connectivity index (χ4n) is 1.88. The molecule has 1 rings (SSSR count). The van der Waals surface area contributed by atoms with E-state index in [0.29, 0.717) is 23.9 Å². The zero-order valence-electron chi connectivity index (χ0n) is 11.6. The molecule has 0 aliphatic rings. The summed E-state index contributed by atoms with van der Waals surface area (Å²) in [6.45, 7) is 7.24. The Morgan fingerprint density at radius 3 is 2.58 bits per heavy atom. The first-order valence-corrected chi connectivity index (χ1v) is 6.85. The van der Waals surface area contributed by atoms with Crippen molar-refractivity contribution < 1.29 is 9.53 Å². The minimum absolute atomic E-state index is 0.0343. The Morgan fingerprint density at radius 1 is 1.42 bits per heavy atom. The fourth-order valence-corrected chi connectivity index (χ4v) is 2.12. The normalized spacial score (nSPS) is 12.1. The summed E-state index contributed by atoms with van der Waals surface area (Å²) < 4.78 is 5.71. The summed E-state index contributed by atoms with van der Waals surface area (Å²) in [6, 6.07) is 5.32. The molecule has 0 heterocycles. The molecule has 4 nitrogen and oxygen atoms in total. The second kappa shape index (κ2) is 7.36. The van der Waals surface area contributed by atoms with Crippen LogP contribution in [0.1, 0.15) is 26.3 Å². The third kappa shape index (κ3) is 3.85. The lowest BCUT2D eigenvalue weighted by molar-refractivity contribution is -0.137. The Morgan fingerprint density at radius 2 is 2.05 bits per heavy atom. The number of hydrogen-bond acceptors (Lipinski definition) is 3. The first-order valence-electron chi connectivity index (χ1n) is 6.48. The highest BCUT2D eigenvalue weighted by molar-refractivity contribution is 6.31. The number of likely N-dealkylation sites (N-methyl/N-ethyl adjacent to an activating group) is 1. The molecule has 1 amide bonds. The zero-order chi connectivity index (χ0) is 14.4. The van der Waals surface area contributed by atoms with E-state index in [-0.39, 0.29) is 12.5 Å². The molecule has 1 atom stereocenters. The summed E-state index contributed by atoms with van der Waals surface area (Å²) in [6.07, 6.45) is -0.552. The van der Waals surface area contributed by atoms with Gasteiger partial charge in [-0.2, -0.15) is 0 Å². The minimum atomic E-state index is -0.552. The van der Waals surface area contributed by atoms with Crippen molar-refractivity contribution in [1.29, 1.82) is 0 Å². The molecule has 106 valence electrons. The Kier molecular flexibility index (Phi) is 6.12. The Bertz CT molecular complexity index is 433. The first kappa shape index (κ1) is 15.8. The lowest BCUT2D eigenvalue weighted by Crippen LogP contribution is -2.40. The maximum atomic E-state index is 12.1. The molecule has 0 aliphatic heterocycles. The van der Waals surface area contributed by atoms with Gasteiger partial charge in [0.1, 0.15) is 5.75 Å². The van der Waals surface area contributed by atoms with Crippen LogP contribution in [0.15, 0.2) is 18.2 Å². The summed E-state index contributed by atoms with van der Waals surface area (Å²) in [5.74, 6) is 0.538. The number of carbonyl (C=O) groups excluding carboxylic acids is 1. The van der Waals surface area contributed by atoms with E-state index in [1.165, 1.54) is 0 Å². The van der Waals surface area contributed by atoms with Gasteiger partial charge in [0.25, 0.3) is 5.91 Å². The average Bonchev–Trinajstić information content (AvgIpc) is 2.40. The molecule has 0 saturated carbocycles. The predicted molar refractivity (Wildman–Crippen MR) is 77.4 cm³/mol. The lowest BCUT2D eigenvalue weighted by atomic mass is 10.2. The average molecular weight is 285 g/mol. The second-order valence-electron chi connectivity index (χ2n) is 4.19. The van der Waals surface area contributed by atoms with Gasteiger partial charge in [-0.25, -0.2) is 0 Å². The zero-order valence-corrected chi connectivity index (χ0v) is 12.4. The monoisotopic (exact) mass is 284 g/mol. The molecule has 0 saturated heterocycles. The summed E-state index contributed by atoms with van der Waals surface area (Å²) in [7, 11) is 0. The van der Waals surface area contributed by atoms with Gasteiger partial charge in [-0.1, -0.05) is 17.7 Å². The Hall–Kier alpha value is -1.26. The number of halogens is 1. The summed E-state index contributed by atoms with van der Waals surface area (Å²) >= 11 is 6.05. The van der Waals surface area contributed by atoms with Crippen LogP contribution in [-0.4, -0.2) is 30.0 Å². The van der Waals surface area contributed by atoms with Crippen LogP contribution in [0.25, 0.3) is 0 Å². The molecule has 0 spiro atoms. The molecule has 2 N–H and O–H groups in total. The molecule has 19 heavy (non-hydrogen) atoms. The highest BCUT2D eigenvalue weighted by atomic mass is 35.5. The van der Waals surface area contributed by atoms with Gasteiger partial charge in [-0.05, 0) is 32.9 Å². The molecule has 0 aliphatic carbocycles. The van der Waals surface area contributed by atoms with Crippen molar-refractivity contribution >= 4 is 17.5 Å². The van der Waals surface area contributed by atoms with Crippen molar-refractivity contribution in [3.8, 4) is 5.75 Å². The number of hydrogen-bond donors (Lipinski definition) is 1. The van der Waals surface area contributed by atoms with Crippen molar-refractivity contribution in [3.63, 3.8) is 0 Å². The van der Waals surface area contributed by atoms with Crippen LogP contribution < -0.4 is 10.5 Å². The van der Waals surface area contributed by atoms with Crippen molar-refractivity contribution in [1.82, 2.24) is 4.90 Å². The third-order valence-electron chi connectivity index (χ3n) is 3.01. The second-order valence-corrected chi connectivity index (χ2v) is 4.60. The number of nitrogens with two attached hydrogens (primary N) is 1. The number of ether oxygens (including phenoxy) is 1. The van der Waals surface area contributed by atoms with E-state index in [0.717, 1.165) is 5.56 Å². The molecular formula is C14H21ClN2O2. The van der Waals surface area contributed by atoms with Gasteiger partial charge < -0.3 is 15.4 Å². The molecule has 0 bridgehead atoms. The van der Waals surface area contributed by atoms with Crippen LogP contribution in [0.2, 0.25) is 5.02 Å². The fraction of sp³-hybridized carbons (Fsp3) is 0.500. The van der Waals surface area contributed by atoms with Gasteiger partial charge in [-0.3, -0.25) is 4.79 Å². The topological polar surface area (TPSA) is 55.6 Å². The molecular weight excluding hydrogens is 264 g/mol. The van der Waals surface area contributed by atoms with Crippen molar-refractivity contribution in [2.75, 3.05) is 13.1 Å². The van der Waals surface area contributed by atoms with Crippen LogP contribution in [0.3, 0.4) is 0 Å². The van der Waals surface area contributed by atoms with Crippen LogP contribution in [0.5, 0.6) is 5.75 Å². The smallest absolute Gasteiger partial charge is 0.263 e. The van der Waals surface area contributed by atoms with Gasteiger partial charge in [-0.15, -0.1) is 0 Å². The number of carbonyl (C=O) groups is 1. The van der Waals surface area contributed by atoms with Crippen LogP contribution in [0.4, 0.5) is 0 Å². The third-order valence-corrected chi connectivity index (χ3v) is 3.36. The van der Waals surface area contributed by atoms with E-state index < -0.39 is 6.10 Å². The van der Waals surface area contributed by atoms with Crippen molar-refractivity contribution in [2.45, 2.75) is 33.4 Å². The van der Waals surface area contributed by atoms with E-state index in [4.69, 9.17) is 22.1 Å². The Balaban J connectivity index is 2.85. The van der Waals surface area contributed by atoms with E-state index >= 15 is 0 Å². The molecule has 5 heteroatoms. The van der Waals surface area contributed by atoms with Gasteiger partial charge >= 0.3 is 0 Å². The number of benzene rings is 1. The SMILES string of the molecule is CCN(CC)C(=O)C(C)Oc1cccc(Cl)c1CN. The summed E-state index contributed by atoms with van der Waals surface area (Å²) in [5, 5.41) is 0.558. The van der Waals surface area contributed by atoms with Crippen molar-refractivity contribution in [3.05, 3.63) is 28.8 Å². The number of rotatable bonds is 6. The van der Waals surface area contributed by atoms with E-state index in [1.807, 2.05) is 13.8 Å². The summed E-state index contributed by atoms with van der Waals surface area (Å²) in [5.41, 5.74) is 6.38. The number of amides is 1. The van der Waals surface area contributed by atoms with Crippen molar-refractivity contribution in [2.24, 2.45) is 5.73 Å². The predicted octanol–water partition coefficient (Wildman–Crippen LogP) is 2.43. The minimum Gasteiger partial charge on any atom is -0.481 e. The molecule has 1 aromatic rings. The molecule has 1 unspecified atom stereocenters. The lowest BCUT2D eigenvalue weighted by Gasteiger charge is -2.24. The standard InChI is InChI=1S/C14H21ClN2O2/c1-4-17(5-2)14(18)10(3)19-13-8-6-7-12(15)11(13)9-16/h6-8,10H,4-5,9,16H2,1-3H3. The molecule has 1 aromatic carbocycles. The first-order chi connectivity index (χ1) is 9.04. The van der Waals surface area contributed by atoms with E-state index in [2.05, 4.69) is 0 Å². The Labute approximate surface area is 119 Å². The highest BCUT2D eigenvalue weighted by Gasteiger charge is 2.21. The molecule has 0 aromatic heterocycles. The molecule has 0 radical (unpaired) electrons. The number of nitrogens with zero attached hydrogens (tertiary/aromatic N) is 1. The summed E-state index contributed by atoms with van der Waals surface area (Å²) in [4.78, 5) is 13.9. The van der Waals surface area contributed by atoms with E-state index in [1.54, 1.807) is 30.0 Å². The van der Waals surface area contributed by atoms with Gasteiger partial charge in [0, 0.05) is 30.2 Å². The van der Waals surface area contributed by atoms with E-state index in [9.17, 15) is 4.79 Å². The largest absolute Gasteiger partial charge is 0.481 e. The van der Waals surface area contributed by atoms with Crippen LogP contribution in [0, 0.1) is 0 Å². The molecule has 0 fully saturated rings. The van der Waals surface area contributed by atoms with Crippen LogP contribution in [-0.2, 0) is 11.3 Å². The highest BCUT2D eigenvalue weighted by Crippen LogP contribution is 2.26. The van der Waals surface area contributed by atoms with Crippen LogP contribution >= 0.6 is 11.6 Å². The van der Waals surface area contributed by atoms with Gasteiger partial charge in [0.05, 0.1) is 0 Å². The van der Waals surface area contributed by atoms with Gasteiger partial charge in [0.2, 0.25) is 0 Å². The maximum absolute atomic E-state index is 12.1. The van der Waals surface area contributed by atoms with Gasteiger partial charge in [0.15, 0.2) is 6.10 Å². The maximum Gasteiger partial charge on any atom is 0.263 e.